The number of thioether (sulfide) groups is 1. The molecule has 0 unspecified atom stereocenters. The Balaban J connectivity index is 3.63. The zero-order valence-corrected chi connectivity index (χ0v) is 6.03. The van der Waals surface area contributed by atoms with Crippen molar-refractivity contribution in [1.29, 1.82) is 5.41 Å². The summed E-state index contributed by atoms with van der Waals surface area (Å²) in [5.41, 5.74) is 9.99. The van der Waals surface area contributed by atoms with Gasteiger partial charge in [0.05, 0.1) is 0 Å². The summed E-state index contributed by atoms with van der Waals surface area (Å²) in [6.07, 6.45) is 0. The van der Waals surface area contributed by atoms with Gasteiger partial charge in [0.1, 0.15) is 0 Å². The number of aliphatic imine (C=N–C) groups is 1. The first kappa shape index (κ1) is 8.29. The standard InChI is InChI=1S/C4H10N4S/c1-2-9-4(7)8-3(5)6/h2H2,1H3,(H5,5,6,7,8). The number of hydrogen-bond donors (Lipinski definition) is 3. The Labute approximate surface area is 58.2 Å². The van der Waals surface area contributed by atoms with Crippen LogP contribution in [0.4, 0.5) is 0 Å². The summed E-state index contributed by atoms with van der Waals surface area (Å²) in [6, 6.07) is 0. The number of rotatable bonds is 1. The molecule has 0 aliphatic carbocycles. The van der Waals surface area contributed by atoms with Crippen molar-refractivity contribution in [2.75, 3.05) is 5.75 Å². The Morgan fingerprint density at radius 2 is 2.22 bits per heavy atom. The van der Waals surface area contributed by atoms with Gasteiger partial charge >= 0.3 is 0 Å². The number of nitrogens with two attached hydrogens (primary N) is 2. The maximum atomic E-state index is 7.03. The average Bonchev–Trinajstić information content (AvgIpc) is 1.63. The van der Waals surface area contributed by atoms with Crippen LogP contribution in [0.3, 0.4) is 0 Å². The molecule has 0 aliphatic rings. The average molecular weight is 146 g/mol. The van der Waals surface area contributed by atoms with Crippen molar-refractivity contribution in [3.63, 3.8) is 0 Å². The number of nitrogens with one attached hydrogen (secondary N) is 1. The second-order valence-electron chi connectivity index (χ2n) is 1.27. The van der Waals surface area contributed by atoms with Crippen molar-refractivity contribution in [2.24, 2.45) is 16.5 Å². The molecule has 0 bridgehead atoms. The first-order valence-electron chi connectivity index (χ1n) is 2.47. The van der Waals surface area contributed by atoms with Crippen LogP contribution in [0.25, 0.3) is 0 Å². The quantitative estimate of drug-likeness (QED) is 0.358. The van der Waals surface area contributed by atoms with Crippen LogP contribution in [0.5, 0.6) is 0 Å². The molecule has 0 fully saturated rings. The minimum absolute atomic E-state index is 0.0547. The molecular weight excluding hydrogens is 136 g/mol. The number of guanidine groups is 1. The van der Waals surface area contributed by atoms with Gasteiger partial charge in [-0.25, -0.2) is 0 Å². The molecule has 0 aromatic carbocycles. The molecule has 0 saturated heterocycles. The van der Waals surface area contributed by atoms with Gasteiger partial charge in [-0.2, -0.15) is 4.99 Å². The second kappa shape index (κ2) is 4.20. The topological polar surface area (TPSA) is 88.2 Å². The van der Waals surface area contributed by atoms with E-state index >= 15 is 0 Å². The van der Waals surface area contributed by atoms with E-state index in [1.807, 2.05) is 6.92 Å². The molecule has 5 N–H and O–H groups in total. The Morgan fingerprint density at radius 3 is 2.56 bits per heavy atom. The third-order valence-electron chi connectivity index (χ3n) is 0.512. The fraction of sp³-hybridized carbons (Fsp3) is 0.500. The van der Waals surface area contributed by atoms with Crippen LogP contribution in [-0.4, -0.2) is 16.9 Å². The SMILES string of the molecule is CCSC(=N)N=C(N)N. The van der Waals surface area contributed by atoms with Crippen LogP contribution in [0.2, 0.25) is 0 Å². The summed E-state index contributed by atoms with van der Waals surface area (Å²) in [6.45, 7) is 1.93. The highest BCUT2D eigenvalue weighted by Gasteiger charge is 1.90. The van der Waals surface area contributed by atoms with Gasteiger partial charge in [0.25, 0.3) is 0 Å². The third-order valence-corrected chi connectivity index (χ3v) is 1.17. The summed E-state index contributed by atoms with van der Waals surface area (Å²) in [5.74, 6) is 0.760. The molecular formula is C4H10N4S. The van der Waals surface area contributed by atoms with E-state index in [0.29, 0.717) is 0 Å². The summed E-state index contributed by atoms with van der Waals surface area (Å²) in [4.78, 5) is 3.49. The summed E-state index contributed by atoms with van der Waals surface area (Å²) in [5, 5.41) is 7.20. The smallest absolute Gasteiger partial charge is 0.193 e. The molecule has 0 heterocycles. The van der Waals surface area contributed by atoms with E-state index in [9.17, 15) is 0 Å². The Kier molecular flexibility index (Phi) is 3.87. The molecule has 0 radical (unpaired) electrons. The van der Waals surface area contributed by atoms with Crippen LogP contribution in [0.15, 0.2) is 4.99 Å². The van der Waals surface area contributed by atoms with Gasteiger partial charge in [0.15, 0.2) is 11.1 Å². The molecule has 0 rings (SSSR count). The van der Waals surface area contributed by atoms with E-state index in [1.165, 1.54) is 11.8 Å². The Morgan fingerprint density at radius 1 is 1.67 bits per heavy atom. The molecule has 0 saturated carbocycles. The van der Waals surface area contributed by atoms with Crippen LogP contribution < -0.4 is 11.5 Å². The summed E-state index contributed by atoms with van der Waals surface area (Å²) < 4.78 is 0. The zero-order valence-electron chi connectivity index (χ0n) is 5.22. The maximum absolute atomic E-state index is 7.03. The number of nitrogens with zero attached hydrogens (tertiary/aromatic N) is 1. The van der Waals surface area contributed by atoms with E-state index in [-0.39, 0.29) is 11.1 Å². The Hall–Kier alpha value is -0.710. The normalized spacial score (nSPS) is 8.56. The van der Waals surface area contributed by atoms with Gasteiger partial charge in [-0.1, -0.05) is 18.7 Å². The van der Waals surface area contributed by atoms with Crippen molar-refractivity contribution in [2.45, 2.75) is 6.92 Å². The van der Waals surface area contributed by atoms with Crippen molar-refractivity contribution >= 4 is 22.9 Å². The maximum Gasteiger partial charge on any atom is 0.193 e. The van der Waals surface area contributed by atoms with Gasteiger partial charge in [0, 0.05) is 0 Å². The van der Waals surface area contributed by atoms with Gasteiger partial charge in [-0.3, -0.25) is 5.41 Å². The second-order valence-corrected chi connectivity index (χ2v) is 2.53. The van der Waals surface area contributed by atoms with E-state index in [1.54, 1.807) is 0 Å². The van der Waals surface area contributed by atoms with Gasteiger partial charge in [0.2, 0.25) is 0 Å². The molecule has 4 nitrogen and oxygen atoms in total. The third kappa shape index (κ3) is 5.16. The van der Waals surface area contributed by atoms with Crippen molar-refractivity contribution in [3.8, 4) is 0 Å². The zero-order chi connectivity index (χ0) is 7.28. The fourth-order valence-corrected chi connectivity index (χ4v) is 0.730. The number of hydrogen-bond acceptors (Lipinski definition) is 2. The lowest BCUT2D eigenvalue weighted by molar-refractivity contribution is 1.43. The molecule has 0 aliphatic heterocycles. The van der Waals surface area contributed by atoms with Crippen molar-refractivity contribution in [1.82, 2.24) is 0 Å². The lowest BCUT2D eigenvalue weighted by atomic mass is 11.0. The van der Waals surface area contributed by atoms with Gasteiger partial charge in [-0.05, 0) is 5.75 Å². The van der Waals surface area contributed by atoms with E-state index in [0.717, 1.165) is 5.75 Å². The lowest BCUT2D eigenvalue weighted by Gasteiger charge is -1.92. The monoisotopic (exact) mass is 146 g/mol. The summed E-state index contributed by atoms with van der Waals surface area (Å²) in [7, 11) is 0. The molecule has 52 valence electrons. The molecule has 0 aromatic heterocycles. The first-order valence-corrected chi connectivity index (χ1v) is 3.46. The van der Waals surface area contributed by atoms with Crippen LogP contribution in [0.1, 0.15) is 6.92 Å². The van der Waals surface area contributed by atoms with E-state index < -0.39 is 0 Å². The number of amidine groups is 1. The van der Waals surface area contributed by atoms with Crippen molar-refractivity contribution < 1.29 is 0 Å². The minimum Gasteiger partial charge on any atom is -0.370 e. The fourth-order valence-electron chi connectivity index (χ4n) is 0.286. The predicted octanol–water partition coefficient (Wildman–Crippen LogP) is -0.0523. The lowest BCUT2D eigenvalue weighted by Crippen LogP contribution is -2.23. The predicted molar refractivity (Wildman–Crippen MR) is 41.7 cm³/mol. The highest BCUT2D eigenvalue weighted by molar-refractivity contribution is 8.13. The molecule has 9 heavy (non-hydrogen) atoms. The van der Waals surface area contributed by atoms with Gasteiger partial charge in [-0.15, -0.1) is 0 Å². The molecule has 0 amide bonds. The van der Waals surface area contributed by atoms with Crippen LogP contribution >= 0.6 is 11.8 Å². The van der Waals surface area contributed by atoms with Crippen LogP contribution in [0, 0.1) is 5.41 Å². The van der Waals surface area contributed by atoms with E-state index in [2.05, 4.69) is 4.99 Å². The summed E-state index contributed by atoms with van der Waals surface area (Å²) >= 11 is 1.30. The van der Waals surface area contributed by atoms with Gasteiger partial charge < -0.3 is 11.5 Å². The molecule has 0 atom stereocenters. The van der Waals surface area contributed by atoms with E-state index in [4.69, 9.17) is 16.9 Å². The largest absolute Gasteiger partial charge is 0.370 e. The minimum atomic E-state index is -0.0547. The highest BCUT2D eigenvalue weighted by atomic mass is 32.2. The Bertz CT molecular complexity index is 127. The molecule has 0 spiro atoms. The highest BCUT2D eigenvalue weighted by Crippen LogP contribution is 2.00. The first-order chi connectivity index (χ1) is 4.16. The molecule has 5 heteroatoms. The van der Waals surface area contributed by atoms with Crippen molar-refractivity contribution in [3.05, 3.63) is 0 Å². The van der Waals surface area contributed by atoms with Crippen LogP contribution in [-0.2, 0) is 0 Å². The molecule has 0 aromatic rings.